The number of carboxylic acid groups (broad SMARTS) is 1. The zero-order valence-corrected chi connectivity index (χ0v) is 14.2. The van der Waals surface area contributed by atoms with E-state index in [0.29, 0.717) is 5.56 Å². The molecule has 0 saturated carbocycles. The Morgan fingerprint density at radius 1 is 0.929 bits per heavy atom. The van der Waals surface area contributed by atoms with Crippen LogP contribution < -0.4 is 9.47 Å². The molecule has 2 aromatic rings. The van der Waals surface area contributed by atoms with Crippen LogP contribution in [-0.2, 0) is 10.9 Å². The Morgan fingerprint density at radius 3 is 2.04 bits per heavy atom. The molecule has 4 nitrogen and oxygen atoms in total. The van der Waals surface area contributed by atoms with E-state index < -0.39 is 36.8 Å². The normalized spacial score (nSPS) is 12.2. The zero-order valence-electron chi connectivity index (χ0n) is 14.2. The molecule has 0 heterocycles. The third-order valence-electron chi connectivity index (χ3n) is 3.39. The third kappa shape index (κ3) is 6.90. The summed E-state index contributed by atoms with van der Waals surface area (Å²) in [5.74, 6) is -1.26. The molecule has 0 unspecified atom stereocenters. The molecule has 0 aliphatic carbocycles. The van der Waals surface area contributed by atoms with E-state index in [0.717, 1.165) is 30.3 Å². The molecule has 0 saturated heterocycles. The van der Waals surface area contributed by atoms with Gasteiger partial charge in [-0.1, -0.05) is 12.1 Å². The van der Waals surface area contributed by atoms with Gasteiger partial charge < -0.3 is 14.6 Å². The molecule has 2 aromatic carbocycles. The van der Waals surface area contributed by atoms with Crippen molar-refractivity contribution >= 4 is 12.0 Å². The van der Waals surface area contributed by atoms with Crippen molar-refractivity contribution in [3.05, 3.63) is 65.7 Å². The lowest BCUT2D eigenvalue weighted by atomic mass is 10.2. The van der Waals surface area contributed by atoms with E-state index in [1.54, 1.807) is 0 Å². The highest BCUT2D eigenvalue weighted by molar-refractivity contribution is 5.85. The van der Waals surface area contributed by atoms with Gasteiger partial charge >= 0.3 is 18.3 Å². The first-order valence-electron chi connectivity index (χ1n) is 7.93. The second-order valence-corrected chi connectivity index (χ2v) is 5.60. The number of ether oxygens (including phenoxy) is 2. The summed E-state index contributed by atoms with van der Waals surface area (Å²) in [5.41, 5.74) is -0.0241. The van der Waals surface area contributed by atoms with Gasteiger partial charge in [0.05, 0.1) is 18.6 Å². The molecule has 0 aromatic heterocycles. The van der Waals surface area contributed by atoms with Gasteiger partial charge in [0.15, 0.2) is 0 Å². The summed E-state index contributed by atoms with van der Waals surface area (Å²) in [4.78, 5) is 10.4. The van der Waals surface area contributed by atoms with E-state index in [-0.39, 0.29) is 11.5 Å². The third-order valence-corrected chi connectivity index (χ3v) is 3.39. The van der Waals surface area contributed by atoms with Crippen LogP contribution in [0.4, 0.5) is 22.0 Å². The van der Waals surface area contributed by atoms with Crippen molar-refractivity contribution < 1.29 is 41.3 Å². The fourth-order valence-corrected chi connectivity index (χ4v) is 2.05. The van der Waals surface area contributed by atoms with Gasteiger partial charge in [0.2, 0.25) is 0 Å². The monoisotopic (exact) mass is 402 g/mol. The van der Waals surface area contributed by atoms with Crippen LogP contribution in [0.1, 0.15) is 17.5 Å². The number of aliphatic carboxylic acids is 1. The Kier molecular flexibility index (Phi) is 6.61. The maximum atomic E-state index is 14.2. The molecule has 28 heavy (non-hydrogen) atoms. The molecule has 9 heteroatoms. The van der Waals surface area contributed by atoms with Crippen molar-refractivity contribution in [3.63, 3.8) is 0 Å². The second-order valence-electron chi connectivity index (χ2n) is 5.60. The number of rotatable bonds is 8. The quantitative estimate of drug-likeness (QED) is 0.484. The number of carboxylic acids is 1. The summed E-state index contributed by atoms with van der Waals surface area (Å²) in [5, 5.41) is 8.54. The Hall–Kier alpha value is -3.10. The van der Waals surface area contributed by atoms with Gasteiger partial charge in [-0.05, 0) is 48.0 Å². The molecule has 0 bridgehead atoms. The first kappa shape index (κ1) is 21.2. The fourth-order valence-electron chi connectivity index (χ4n) is 2.05. The van der Waals surface area contributed by atoms with E-state index >= 15 is 0 Å². The first-order chi connectivity index (χ1) is 13.0. The summed E-state index contributed by atoms with van der Waals surface area (Å²) in [7, 11) is 0. The highest BCUT2D eigenvalue weighted by atomic mass is 19.4. The minimum Gasteiger partial charge on any atom is -0.493 e. The standard InChI is InChI=1S/C19H15F5O4/c20-18(21,22)11-12-27-15-8-4-14(5-9-15)19(23,24)28-16-6-1-13(2-7-16)3-10-17(25)26/h1-10H,11-12H2,(H,25,26)/b10-3+. The van der Waals surface area contributed by atoms with Crippen LogP contribution in [0.2, 0.25) is 0 Å². The lowest BCUT2D eigenvalue weighted by Gasteiger charge is -2.18. The molecule has 1 N–H and O–H groups in total. The predicted octanol–water partition coefficient (Wildman–Crippen LogP) is 5.24. The molecule has 2 rings (SSSR count). The van der Waals surface area contributed by atoms with Crippen LogP contribution in [0, 0.1) is 0 Å². The Labute approximate surface area is 156 Å². The van der Waals surface area contributed by atoms with Crippen molar-refractivity contribution in [3.8, 4) is 11.5 Å². The van der Waals surface area contributed by atoms with E-state index in [1.807, 2.05) is 0 Å². The molecule has 0 radical (unpaired) electrons. The molecule has 0 amide bonds. The maximum absolute atomic E-state index is 14.2. The van der Waals surface area contributed by atoms with Crippen LogP contribution in [0.25, 0.3) is 6.08 Å². The molecule has 0 atom stereocenters. The van der Waals surface area contributed by atoms with Gasteiger partial charge in [0.25, 0.3) is 0 Å². The number of carbonyl (C=O) groups is 1. The average Bonchev–Trinajstić information content (AvgIpc) is 2.60. The smallest absolute Gasteiger partial charge is 0.426 e. The van der Waals surface area contributed by atoms with Crippen LogP contribution >= 0.6 is 0 Å². The molecule has 0 aliphatic rings. The second kappa shape index (κ2) is 8.73. The minimum absolute atomic E-state index is 0.0263. The van der Waals surface area contributed by atoms with E-state index in [1.165, 1.54) is 30.3 Å². The molecular weight excluding hydrogens is 387 g/mol. The largest absolute Gasteiger partial charge is 0.493 e. The van der Waals surface area contributed by atoms with Crippen molar-refractivity contribution in [1.29, 1.82) is 0 Å². The molecule has 150 valence electrons. The molecular formula is C19H15F5O4. The van der Waals surface area contributed by atoms with Gasteiger partial charge in [-0.15, -0.1) is 0 Å². The van der Waals surface area contributed by atoms with Crippen molar-refractivity contribution in [2.24, 2.45) is 0 Å². The fraction of sp³-hybridized carbons (Fsp3) is 0.211. The van der Waals surface area contributed by atoms with Crippen molar-refractivity contribution in [2.45, 2.75) is 18.7 Å². The van der Waals surface area contributed by atoms with Gasteiger partial charge in [-0.25, -0.2) is 4.79 Å². The molecule has 0 spiro atoms. The van der Waals surface area contributed by atoms with Crippen LogP contribution in [0.15, 0.2) is 54.6 Å². The number of hydrogen-bond acceptors (Lipinski definition) is 3. The van der Waals surface area contributed by atoms with Crippen LogP contribution in [-0.4, -0.2) is 23.9 Å². The topological polar surface area (TPSA) is 55.8 Å². The highest BCUT2D eigenvalue weighted by Gasteiger charge is 2.34. The van der Waals surface area contributed by atoms with Gasteiger partial charge in [-0.2, -0.15) is 22.0 Å². The first-order valence-corrected chi connectivity index (χ1v) is 7.93. The van der Waals surface area contributed by atoms with Crippen LogP contribution in [0.3, 0.4) is 0 Å². The van der Waals surface area contributed by atoms with Gasteiger partial charge in [-0.3, -0.25) is 0 Å². The highest BCUT2D eigenvalue weighted by Crippen LogP contribution is 2.32. The summed E-state index contributed by atoms with van der Waals surface area (Å²) >= 11 is 0. The van der Waals surface area contributed by atoms with Crippen molar-refractivity contribution in [1.82, 2.24) is 0 Å². The molecule has 0 fully saturated rings. The maximum Gasteiger partial charge on any atom is 0.426 e. The number of benzene rings is 2. The van der Waals surface area contributed by atoms with Gasteiger partial charge in [0, 0.05) is 6.08 Å². The number of hydrogen-bond donors (Lipinski definition) is 1. The summed E-state index contributed by atoms with van der Waals surface area (Å²) in [6.45, 7) is -0.613. The molecule has 0 aliphatic heterocycles. The zero-order chi connectivity index (χ0) is 20.8. The average molecular weight is 402 g/mol. The van der Waals surface area contributed by atoms with E-state index in [9.17, 15) is 26.7 Å². The van der Waals surface area contributed by atoms with E-state index in [2.05, 4.69) is 4.74 Å². The summed E-state index contributed by atoms with van der Waals surface area (Å²) in [6.07, 6.45) is -7.00. The predicted molar refractivity (Wildman–Crippen MR) is 90.2 cm³/mol. The summed E-state index contributed by atoms with van der Waals surface area (Å²) < 4.78 is 74.2. The number of alkyl halides is 5. The SMILES string of the molecule is O=C(O)/C=C/c1ccc(OC(F)(F)c2ccc(OCCC(F)(F)F)cc2)cc1. The minimum atomic E-state index is -4.36. The number of halogens is 5. The Bertz CT molecular complexity index is 812. The Balaban J connectivity index is 1.99. The van der Waals surface area contributed by atoms with Crippen molar-refractivity contribution in [2.75, 3.05) is 6.61 Å². The van der Waals surface area contributed by atoms with Crippen LogP contribution in [0.5, 0.6) is 11.5 Å². The van der Waals surface area contributed by atoms with E-state index in [4.69, 9.17) is 9.84 Å². The summed E-state index contributed by atoms with van der Waals surface area (Å²) in [6, 6.07) is 9.56. The lowest BCUT2D eigenvalue weighted by molar-refractivity contribution is -0.185. The van der Waals surface area contributed by atoms with Gasteiger partial charge in [0.1, 0.15) is 11.5 Å². The lowest BCUT2D eigenvalue weighted by Crippen LogP contribution is -2.21. The Morgan fingerprint density at radius 2 is 1.50 bits per heavy atom.